The fourth-order valence-electron chi connectivity index (χ4n) is 1.81. The van der Waals surface area contributed by atoms with Gasteiger partial charge in [0.15, 0.2) is 5.78 Å². The monoisotopic (exact) mass is 302 g/mol. The van der Waals surface area contributed by atoms with Crippen molar-refractivity contribution in [3.8, 4) is 0 Å². The second-order valence-corrected chi connectivity index (χ2v) is 6.07. The van der Waals surface area contributed by atoms with E-state index in [9.17, 15) is 9.18 Å². The van der Waals surface area contributed by atoms with Crippen LogP contribution >= 0.6 is 27.7 Å². The third-order valence-electron chi connectivity index (χ3n) is 2.67. The Morgan fingerprint density at radius 3 is 2.88 bits per heavy atom. The molecule has 0 saturated carbocycles. The maximum absolute atomic E-state index is 13.6. The molecule has 0 bridgehead atoms. The van der Waals surface area contributed by atoms with Gasteiger partial charge >= 0.3 is 0 Å². The highest BCUT2D eigenvalue weighted by atomic mass is 79.9. The summed E-state index contributed by atoms with van der Waals surface area (Å²) in [7, 11) is 0. The molecule has 2 rings (SSSR count). The van der Waals surface area contributed by atoms with Gasteiger partial charge in [-0.15, -0.1) is 0 Å². The van der Waals surface area contributed by atoms with E-state index in [4.69, 9.17) is 0 Å². The molecular weight excluding hydrogens is 291 g/mol. The van der Waals surface area contributed by atoms with Gasteiger partial charge in [-0.2, -0.15) is 11.8 Å². The van der Waals surface area contributed by atoms with Crippen molar-refractivity contribution in [3.63, 3.8) is 0 Å². The van der Waals surface area contributed by atoms with Gasteiger partial charge in [0, 0.05) is 4.47 Å². The van der Waals surface area contributed by atoms with Crippen LogP contribution in [0, 0.1) is 5.82 Å². The highest BCUT2D eigenvalue weighted by molar-refractivity contribution is 9.10. The molecule has 4 heteroatoms. The molecule has 0 N–H and O–H groups in total. The van der Waals surface area contributed by atoms with E-state index < -0.39 is 5.82 Å². The average molecular weight is 303 g/mol. The maximum atomic E-state index is 13.6. The van der Waals surface area contributed by atoms with E-state index in [0.717, 1.165) is 25.0 Å². The number of hydrogen-bond donors (Lipinski definition) is 0. The highest BCUT2D eigenvalue weighted by Gasteiger charge is 2.24. The number of carbonyl (C=O) groups is 1. The minimum Gasteiger partial charge on any atom is -0.293 e. The molecule has 1 aliphatic heterocycles. The van der Waals surface area contributed by atoms with Crippen molar-refractivity contribution in [3.05, 3.63) is 34.1 Å². The van der Waals surface area contributed by atoms with E-state index in [-0.39, 0.29) is 16.6 Å². The van der Waals surface area contributed by atoms with Crippen molar-refractivity contribution in [2.45, 2.75) is 24.5 Å². The summed E-state index contributed by atoms with van der Waals surface area (Å²) >= 11 is 4.84. The number of Topliss-reactive ketones (excluding diaryl/α,β-unsaturated/α-hetero) is 1. The van der Waals surface area contributed by atoms with Crippen LogP contribution in [0.15, 0.2) is 22.7 Å². The first-order valence-electron chi connectivity index (χ1n) is 5.29. The van der Waals surface area contributed by atoms with E-state index >= 15 is 0 Å². The van der Waals surface area contributed by atoms with E-state index in [2.05, 4.69) is 15.9 Å². The first-order chi connectivity index (χ1) is 7.68. The lowest BCUT2D eigenvalue weighted by Crippen LogP contribution is -2.21. The van der Waals surface area contributed by atoms with Crippen LogP contribution in [0.2, 0.25) is 0 Å². The summed E-state index contributed by atoms with van der Waals surface area (Å²) in [5, 5.41) is -0.0515. The van der Waals surface area contributed by atoms with Crippen LogP contribution in [0.1, 0.15) is 29.6 Å². The molecule has 1 saturated heterocycles. The predicted molar refractivity (Wildman–Crippen MR) is 68.5 cm³/mol. The van der Waals surface area contributed by atoms with Gasteiger partial charge in [0.05, 0.1) is 10.8 Å². The molecule has 0 aromatic heterocycles. The van der Waals surface area contributed by atoms with Crippen molar-refractivity contribution in [2.75, 3.05) is 5.75 Å². The third-order valence-corrected chi connectivity index (χ3v) is 4.54. The summed E-state index contributed by atoms with van der Waals surface area (Å²) in [5.41, 5.74) is 0.225. The molecule has 1 fully saturated rings. The van der Waals surface area contributed by atoms with E-state index in [1.807, 2.05) is 0 Å². The topological polar surface area (TPSA) is 17.1 Å². The molecule has 1 unspecified atom stereocenters. The minimum atomic E-state index is -0.425. The summed E-state index contributed by atoms with van der Waals surface area (Å²) in [6, 6.07) is 4.63. The molecule has 1 atom stereocenters. The molecule has 1 heterocycles. The van der Waals surface area contributed by atoms with Gasteiger partial charge in [-0.3, -0.25) is 4.79 Å². The van der Waals surface area contributed by atoms with Crippen molar-refractivity contribution in [2.24, 2.45) is 0 Å². The standard InChI is InChI=1S/C12H12BrFOS/c13-8-4-5-9(10(14)7-8)12(15)11-3-1-2-6-16-11/h4-5,7,11H,1-3,6H2. The Morgan fingerprint density at radius 1 is 1.44 bits per heavy atom. The Kier molecular flexibility index (Phi) is 4.03. The highest BCUT2D eigenvalue weighted by Crippen LogP contribution is 2.29. The van der Waals surface area contributed by atoms with Gasteiger partial charge in [-0.05, 0) is 36.8 Å². The van der Waals surface area contributed by atoms with Crippen LogP contribution in [-0.2, 0) is 0 Å². The first-order valence-corrected chi connectivity index (χ1v) is 7.13. The van der Waals surface area contributed by atoms with E-state index in [1.54, 1.807) is 23.9 Å². The van der Waals surface area contributed by atoms with Crippen molar-refractivity contribution >= 4 is 33.5 Å². The predicted octanol–water partition coefficient (Wildman–Crippen LogP) is 4.06. The smallest absolute Gasteiger partial charge is 0.178 e. The molecule has 1 aromatic carbocycles. The normalized spacial score (nSPS) is 20.8. The van der Waals surface area contributed by atoms with Crippen LogP contribution in [0.5, 0.6) is 0 Å². The molecule has 0 spiro atoms. The zero-order chi connectivity index (χ0) is 11.5. The second-order valence-electron chi connectivity index (χ2n) is 3.84. The summed E-state index contributed by atoms with van der Waals surface area (Å²) in [6.45, 7) is 0. The Bertz CT molecular complexity index is 402. The lowest BCUT2D eigenvalue weighted by Gasteiger charge is -2.20. The minimum absolute atomic E-state index is 0.0515. The zero-order valence-corrected chi connectivity index (χ0v) is 11.1. The summed E-state index contributed by atoms with van der Waals surface area (Å²) in [6.07, 6.45) is 3.11. The molecule has 1 aliphatic rings. The quantitative estimate of drug-likeness (QED) is 0.767. The molecule has 86 valence electrons. The van der Waals surface area contributed by atoms with Gasteiger partial charge in [0.2, 0.25) is 0 Å². The first kappa shape index (κ1) is 12.1. The Morgan fingerprint density at radius 2 is 2.25 bits per heavy atom. The van der Waals surface area contributed by atoms with Gasteiger partial charge in [0.1, 0.15) is 5.82 Å². The van der Waals surface area contributed by atoms with Gasteiger partial charge in [-0.1, -0.05) is 22.4 Å². The Labute approximate surface area is 107 Å². The van der Waals surface area contributed by atoms with E-state index in [1.165, 1.54) is 6.07 Å². The van der Waals surface area contributed by atoms with Crippen molar-refractivity contribution < 1.29 is 9.18 Å². The molecule has 0 aliphatic carbocycles. The number of hydrogen-bond acceptors (Lipinski definition) is 2. The third kappa shape index (κ3) is 2.66. The molecule has 0 amide bonds. The Hall–Kier alpha value is -0.350. The lowest BCUT2D eigenvalue weighted by molar-refractivity contribution is 0.0981. The largest absolute Gasteiger partial charge is 0.293 e. The SMILES string of the molecule is O=C(c1ccc(Br)cc1F)C1CCCCS1. The maximum Gasteiger partial charge on any atom is 0.178 e. The van der Waals surface area contributed by atoms with Crippen LogP contribution in [0.3, 0.4) is 0 Å². The molecule has 1 nitrogen and oxygen atoms in total. The number of halogens is 2. The zero-order valence-electron chi connectivity index (χ0n) is 8.71. The number of ketones is 1. The fourth-order valence-corrected chi connectivity index (χ4v) is 3.41. The molecular formula is C12H12BrFOS. The molecule has 1 aromatic rings. The number of benzene rings is 1. The van der Waals surface area contributed by atoms with Gasteiger partial charge < -0.3 is 0 Å². The number of carbonyl (C=O) groups excluding carboxylic acids is 1. The second kappa shape index (κ2) is 5.32. The van der Waals surface area contributed by atoms with Crippen LogP contribution in [-0.4, -0.2) is 16.8 Å². The molecule has 16 heavy (non-hydrogen) atoms. The number of thioether (sulfide) groups is 1. The summed E-state index contributed by atoms with van der Waals surface area (Å²) in [4.78, 5) is 12.1. The van der Waals surface area contributed by atoms with Crippen LogP contribution in [0.25, 0.3) is 0 Å². The molecule has 0 radical (unpaired) electrons. The van der Waals surface area contributed by atoms with Crippen molar-refractivity contribution in [1.29, 1.82) is 0 Å². The lowest BCUT2D eigenvalue weighted by atomic mass is 10.0. The summed E-state index contributed by atoms with van der Waals surface area (Å²) in [5.74, 6) is 0.523. The van der Waals surface area contributed by atoms with Gasteiger partial charge in [0.25, 0.3) is 0 Å². The van der Waals surface area contributed by atoms with Crippen LogP contribution < -0.4 is 0 Å². The fraction of sp³-hybridized carbons (Fsp3) is 0.417. The van der Waals surface area contributed by atoms with E-state index in [0.29, 0.717) is 4.47 Å². The van der Waals surface area contributed by atoms with Crippen molar-refractivity contribution in [1.82, 2.24) is 0 Å². The van der Waals surface area contributed by atoms with Crippen LogP contribution in [0.4, 0.5) is 4.39 Å². The number of rotatable bonds is 2. The average Bonchev–Trinajstić information content (AvgIpc) is 2.29. The Balaban J connectivity index is 2.19. The van der Waals surface area contributed by atoms with Gasteiger partial charge in [-0.25, -0.2) is 4.39 Å². The summed E-state index contributed by atoms with van der Waals surface area (Å²) < 4.78 is 14.3.